The molecule has 0 aromatic heterocycles. The summed E-state index contributed by atoms with van der Waals surface area (Å²) >= 11 is 0. The van der Waals surface area contributed by atoms with E-state index in [1.165, 1.54) is 6.42 Å². The molecule has 0 rings (SSSR count). The molecule has 0 atom stereocenters. The van der Waals surface area contributed by atoms with Crippen LogP contribution in [0.2, 0.25) is 0 Å². The maximum Gasteiger partial charge on any atom is -0.0119 e. The van der Waals surface area contributed by atoms with Gasteiger partial charge in [-0.1, -0.05) is 43.9 Å². The zero-order valence-corrected chi connectivity index (χ0v) is 7.43. The van der Waals surface area contributed by atoms with Crippen molar-refractivity contribution >= 4 is 0 Å². The molecule has 0 radical (unpaired) electrons. The van der Waals surface area contributed by atoms with E-state index in [0.717, 1.165) is 12.8 Å². The van der Waals surface area contributed by atoms with Crippen molar-refractivity contribution in [3.05, 3.63) is 35.8 Å². The van der Waals surface area contributed by atoms with Crippen LogP contribution in [0.3, 0.4) is 0 Å². The number of unbranched alkanes of at least 4 members (excludes halogenated alkanes) is 1. The van der Waals surface area contributed by atoms with Crippen molar-refractivity contribution in [1.82, 2.24) is 0 Å². The molecule has 0 fully saturated rings. The van der Waals surface area contributed by atoms with Gasteiger partial charge in [-0.25, -0.2) is 0 Å². The van der Waals surface area contributed by atoms with Crippen molar-refractivity contribution in [2.45, 2.75) is 33.1 Å². The Morgan fingerprint density at radius 3 is 2.64 bits per heavy atom. The molecule has 0 saturated carbocycles. The first kappa shape index (κ1) is 10.0. The summed E-state index contributed by atoms with van der Waals surface area (Å²) in [5.74, 6) is 0. The quantitative estimate of drug-likeness (QED) is 0.422. The number of allylic oxidation sites excluding steroid dienone is 4. The second-order valence-corrected chi connectivity index (χ2v) is 2.28. The standard InChI is InChI=1S/C11H16/c1-3-5-7-9-11-10-8-6-4-2/h5,8,10-11H,3-4,6H2,1-2H3/b10-8+,11-5?. The third-order valence-corrected chi connectivity index (χ3v) is 1.16. The molecule has 0 aliphatic heterocycles. The summed E-state index contributed by atoms with van der Waals surface area (Å²) in [5.41, 5.74) is 5.86. The normalized spacial score (nSPS) is 8.91. The lowest BCUT2D eigenvalue weighted by atomic mass is 10.3. The third kappa shape index (κ3) is 9.04. The van der Waals surface area contributed by atoms with Gasteiger partial charge in [-0.3, -0.25) is 0 Å². The zero-order valence-electron chi connectivity index (χ0n) is 7.43. The molecule has 0 nitrogen and oxygen atoms in total. The maximum atomic E-state index is 2.93. The molecule has 0 aromatic carbocycles. The topological polar surface area (TPSA) is 0 Å². The van der Waals surface area contributed by atoms with Crippen molar-refractivity contribution in [2.24, 2.45) is 0 Å². The Kier molecular flexibility index (Phi) is 8.25. The van der Waals surface area contributed by atoms with Crippen LogP contribution >= 0.6 is 0 Å². The van der Waals surface area contributed by atoms with Crippen molar-refractivity contribution in [1.29, 1.82) is 0 Å². The minimum Gasteiger partial charge on any atom is -0.0839 e. The van der Waals surface area contributed by atoms with E-state index in [0.29, 0.717) is 0 Å². The third-order valence-electron chi connectivity index (χ3n) is 1.16. The van der Waals surface area contributed by atoms with Gasteiger partial charge in [0.1, 0.15) is 0 Å². The van der Waals surface area contributed by atoms with Crippen LogP contribution in [0.15, 0.2) is 35.8 Å². The molecule has 0 spiro atoms. The van der Waals surface area contributed by atoms with E-state index in [1.807, 2.05) is 18.2 Å². The molecular formula is C11H16. The van der Waals surface area contributed by atoms with Crippen LogP contribution in [-0.4, -0.2) is 0 Å². The first-order valence-corrected chi connectivity index (χ1v) is 4.22. The van der Waals surface area contributed by atoms with Gasteiger partial charge in [-0.2, -0.15) is 0 Å². The van der Waals surface area contributed by atoms with Crippen molar-refractivity contribution in [2.75, 3.05) is 0 Å². The Bertz CT molecular complexity index is 184. The molecule has 0 aliphatic carbocycles. The minimum atomic E-state index is 1.03. The first-order valence-electron chi connectivity index (χ1n) is 4.22. The molecule has 0 N–H and O–H groups in total. The fourth-order valence-electron chi connectivity index (χ4n) is 0.588. The van der Waals surface area contributed by atoms with Gasteiger partial charge in [0.15, 0.2) is 0 Å². The molecule has 0 amide bonds. The van der Waals surface area contributed by atoms with Gasteiger partial charge in [0.2, 0.25) is 0 Å². The molecule has 11 heavy (non-hydrogen) atoms. The van der Waals surface area contributed by atoms with Crippen LogP contribution in [0.25, 0.3) is 0 Å². The summed E-state index contributed by atoms with van der Waals surface area (Å²) in [5, 5.41) is 0. The zero-order chi connectivity index (χ0) is 8.36. The number of hydrogen-bond donors (Lipinski definition) is 0. The highest BCUT2D eigenvalue weighted by atomic mass is 13.7. The van der Waals surface area contributed by atoms with Gasteiger partial charge in [0.05, 0.1) is 0 Å². The van der Waals surface area contributed by atoms with Crippen LogP contribution in [0.1, 0.15) is 33.1 Å². The monoisotopic (exact) mass is 148 g/mol. The Labute approximate surface area is 69.6 Å². The van der Waals surface area contributed by atoms with Gasteiger partial charge < -0.3 is 0 Å². The molecule has 0 aliphatic rings. The molecule has 0 heterocycles. The van der Waals surface area contributed by atoms with Gasteiger partial charge >= 0.3 is 0 Å². The van der Waals surface area contributed by atoms with Crippen molar-refractivity contribution in [3.63, 3.8) is 0 Å². The summed E-state index contributed by atoms with van der Waals surface area (Å²) in [6.07, 6.45) is 11.4. The van der Waals surface area contributed by atoms with Gasteiger partial charge in [-0.15, -0.1) is 0 Å². The van der Waals surface area contributed by atoms with E-state index in [2.05, 4.69) is 31.4 Å². The van der Waals surface area contributed by atoms with Crippen molar-refractivity contribution in [3.8, 4) is 0 Å². The van der Waals surface area contributed by atoms with Gasteiger partial charge in [-0.05, 0) is 25.0 Å². The van der Waals surface area contributed by atoms with Crippen LogP contribution in [0, 0.1) is 0 Å². The highest BCUT2D eigenvalue weighted by Crippen LogP contribution is 1.87. The fraction of sp³-hybridized carbons (Fsp3) is 0.455. The molecule has 0 heteroatoms. The van der Waals surface area contributed by atoms with E-state index < -0.39 is 0 Å². The van der Waals surface area contributed by atoms with Crippen LogP contribution in [0.4, 0.5) is 0 Å². The lowest BCUT2D eigenvalue weighted by Crippen LogP contribution is -1.57. The van der Waals surface area contributed by atoms with Crippen LogP contribution in [-0.2, 0) is 0 Å². The van der Waals surface area contributed by atoms with Gasteiger partial charge in [0.25, 0.3) is 0 Å². The van der Waals surface area contributed by atoms with E-state index in [4.69, 9.17) is 0 Å². The lowest BCUT2D eigenvalue weighted by Gasteiger charge is -1.77. The summed E-state index contributed by atoms with van der Waals surface area (Å²) < 4.78 is 0. The van der Waals surface area contributed by atoms with Gasteiger partial charge in [0, 0.05) is 0 Å². The van der Waals surface area contributed by atoms with E-state index >= 15 is 0 Å². The summed E-state index contributed by atoms with van der Waals surface area (Å²) in [7, 11) is 0. The van der Waals surface area contributed by atoms with E-state index in [9.17, 15) is 0 Å². The highest BCUT2D eigenvalue weighted by Gasteiger charge is 1.67. The second kappa shape index (κ2) is 9.04. The Balaban J connectivity index is 3.66. The summed E-state index contributed by atoms with van der Waals surface area (Å²) in [6.45, 7) is 4.25. The highest BCUT2D eigenvalue weighted by molar-refractivity contribution is 5.02. The largest absolute Gasteiger partial charge is 0.0839 e. The minimum absolute atomic E-state index is 1.03. The lowest BCUT2D eigenvalue weighted by molar-refractivity contribution is 0.959. The average molecular weight is 148 g/mol. The average Bonchev–Trinajstić information content (AvgIpc) is 2.03. The van der Waals surface area contributed by atoms with E-state index in [1.54, 1.807) is 0 Å². The predicted octanol–water partition coefficient (Wildman–Crippen LogP) is 3.62. The fourth-order valence-corrected chi connectivity index (χ4v) is 0.588. The SMILES string of the molecule is CCC=C=C=C/C=C/CCC. The Morgan fingerprint density at radius 2 is 2.00 bits per heavy atom. The van der Waals surface area contributed by atoms with Crippen LogP contribution < -0.4 is 0 Å². The second-order valence-electron chi connectivity index (χ2n) is 2.28. The molecule has 0 saturated heterocycles. The molecule has 0 unspecified atom stereocenters. The molecule has 0 aromatic rings. The molecule has 0 bridgehead atoms. The number of hydrogen-bond acceptors (Lipinski definition) is 0. The summed E-state index contributed by atoms with van der Waals surface area (Å²) in [4.78, 5) is 0. The molecule has 60 valence electrons. The van der Waals surface area contributed by atoms with Crippen LogP contribution in [0.5, 0.6) is 0 Å². The maximum absolute atomic E-state index is 2.93. The number of rotatable bonds is 4. The summed E-state index contributed by atoms with van der Waals surface area (Å²) in [6, 6.07) is 0. The van der Waals surface area contributed by atoms with Crippen molar-refractivity contribution < 1.29 is 0 Å². The molecular weight excluding hydrogens is 132 g/mol. The Morgan fingerprint density at radius 1 is 1.18 bits per heavy atom. The predicted molar refractivity (Wildman–Crippen MR) is 50.5 cm³/mol. The Hall–Kier alpha value is -0.960. The van der Waals surface area contributed by atoms with E-state index in [-0.39, 0.29) is 0 Å². The first-order chi connectivity index (χ1) is 5.41. The smallest absolute Gasteiger partial charge is 0.0119 e.